The van der Waals surface area contributed by atoms with Gasteiger partial charge in [-0.3, -0.25) is 0 Å². The van der Waals surface area contributed by atoms with Crippen molar-refractivity contribution in [1.82, 2.24) is 5.32 Å². The van der Waals surface area contributed by atoms with E-state index in [0.29, 0.717) is 11.1 Å². The first kappa shape index (κ1) is 12.2. The quantitative estimate of drug-likeness (QED) is 0.710. The third-order valence-electron chi connectivity index (χ3n) is 3.23. The molecular formula is C16H13N3O. The van der Waals surface area contributed by atoms with Gasteiger partial charge in [0, 0.05) is 28.2 Å². The van der Waals surface area contributed by atoms with Crippen molar-refractivity contribution in [3.8, 4) is 5.75 Å². The summed E-state index contributed by atoms with van der Waals surface area (Å²) in [6.07, 6.45) is 9.54. The lowest BCUT2D eigenvalue weighted by molar-refractivity contribution is 0.481. The van der Waals surface area contributed by atoms with Crippen LogP contribution in [0.5, 0.6) is 5.75 Å². The summed E-state index contributed by atoms with van der Waals surface area (Å²) < 4.78 is 0. The van der Waals surface area contributed by atoms with Gasteiger partial charge in [0.25, 0.3) is 0 Å². The van der Waals surface area contributed by atoms with Crippen LogP contribution in [0.15, 0.2) is 66.0 Å². The predicted molar refractivity (Wildman–Crippen MR) is 79.8 cm³/mol. The van der Waals surface area contributed by atoms with E-state index in [1.807, 2.05) is 48.7 Å². The fourth-order valence-electron chi connectivity index (χ4n) is 2.32. The van der Waals surface area contributed by atoms with E-state index >= 15 is 0 Å². The van der Waals surface area contributed by atoms with E-state index in [1.54, 1.807) is 12.1 Å². The molecule has 0 atom stereocenters. The molecule has 1 aliphatic rings. The van der Waals surface area contributed by atoms with Gasteiger partial charge in [-0.2, -0.15) is 5.11 Å². The zero-order chi connectivity index (χ0) is 13.9. The number of nitrogens with zero attached hydrogens (tertiary/aromatic N) is 1. The number of phenolic OH excluding ortho intramolecular Hbond substituents is 1. The first-order valence-electron chi connectivity index (χ1n) is 6.24. The fourth-order valence-corrected chi connectivity index (χ4v) is 2.32. The van der Waals surface area contributed by atoms with Gasteiger partial charge < -0.3 is 10.4 Å². The van der Waals surface area contributed by atoms with Gasteiger partial charge in [-0.15, -0.1) is 0 Å². The summed E-state index contributed by atoms with van der Waals surface area (Å²) in [5.74, 6) is 0.183. The summed E-state index contributed by atoms with van der Waals surface area (Å²) in [7, 11) is 0. The Labute approximate surface area is 116 Å². The number of hydrogen-bond acceptors (Lipinski definition) is 4. The van der Waals surface area contributed by atoms with Crippen molar-refractivity contribution in [1.29, 1.82) is 5.53 Å². The molecule has 0 spiro atoms. The van der Waals surface area contributed by atoms with Crippen LogP contribution in [0.3, 0.4) is 0 Å². The van der Waals surface area contributed by atoms with E-state index in [4.69, 9.17) is 5.53 Å². The minimum absolute atomic E-state index is 0.183. The van der Waals surface area contributed by atoms with Crippen LogP contribution in [0, 0.1) is 5.53 Å². The van der Waals surface area contributed by atoms with E-state index in [1.165, 1.54) is 0 Å². The highest BCUT2D eigenvalue weighted by molar-refractivity contribution is 6.03. The van der Waals surface area contributed by atoms with Crippen LogP contribution < -0.4 is 5.32 Å². The van der Waals surface area contributed by atoms with E-state index in [9.17, 15) is 5.11 Å². The highest BCUT2D eigenvalue weighted by atomic mass is 16.3. The standard InChI is InChI=1S/C16H13N3O/c17-19-14-8-9-15(20)16-11(5-4-6-12(14)16)13-7-2-1-3-10-18-13/h1-10,17-18,20H. The van der Waals surface area contributed by atoms with Crippen molar-refractivity contribution >= 4 is 22.2 Å². The highest BCUT2D eigenvalue weighted by Crippen LogP contribution is 2.37. The molecule has 4 heteroatoms. The molecule has 0 amide bonds. The summed E-state index contributed by atoms with van der Waals surface area (Å²) in [6.45, 7) is 0. The van der Waals surface area contributed by atoms with Crippen LogP contribution >= 0.6 is 0 Å². The Morgan fingerprint density at radius 2 is 1.95 bits per heavy atom. The monoisotopic (exact) mass is 263 g/mol. The largest absolute Gasteiger partial charge is 0.507 e. The minimum atomic E-state index is 0.183. The first-order valence-corrected chi connectivity index (χ1v) is 6.24. The van der Waals surface area contributed by atoms with Crippen molar-refractivity contribution in [2.24, 2.45) is 5.11 Å². The molecule has 0 aliphatic carbocycles. The molecule has 3 N–H and O–H groups in total. The molecule has 4 nitrogen and oxygen atoms in total. The van der Waals surface area contributed by atoms with Crippen LogP contribution in [0.25, 0.3) is 16.5 Å². The lowest BCUT2D eigenvalue weighted by atomic mass is 9.99. The molecule has 0 fully saturated rings. The number of aromatic hydroxyl groups is 1. The number of phenols is 1. The van der Waals surface area contributed by atoms with Crippen LogP contribution in [0.1, 0.15) is 5.56 Å². The predicted octanol–water partition coefficient (Wildman–Crippen LogP) is 4.22. The van der Waals surface area contributed by atoms with Gasteiger partial charge >= 0.3 is 0 Å². The smallest absolute Gasteiger partial charge is 0.124 e. The van der Waals surface area contributed by atoms with Gasteiger partial charge in [-0.25, -0.2) is 5.53 Å². The molecule has 0 aromatic heterocycles. The zero-order valence-corrected chi connectivity index (χ0v) is 10.7. The highest BCUT2D eigenvalue weighted by Gasteiger charge is 2.12. The molecule has 0 unspecified atom stereocenters. The average Bonchev–Trinajstić information content (AvgIpc) is 2.76. The number of fused-ring (bicyclic) bond motifs is 1. The SMILES string of the molecule is N=Nc1ccc(O)c2c(C3=CC=CC=CN3)cccc12. The number of benzene rings is 2. The fraction of sp³-hybridized carbons (Fsp3) is 0. The molecule has 2 aromatic rings. The van der Waals surface area contributed by atoms with Gasteiger partial charge in [0.05, 0.1) is 5.69 Å². The Morgan fingerprint density at radius 3 is 2.80 bits per heavy atom. The average molecular weight is 263 g/mol. The lowest BCUT2D eigenvalue weighted by Crippen LogP contribution is -2.03. The minimum Gasteiger partial charge on any atom is -0.507 e. The van der Waals surface area contributed by atoms with Crippen LogP contribution in [-0.2, 0) is 0 Å². The van der Waals surface area contributed by atoms with Gasteiger partial charge in [0.15, 0.2) is 0 Å². The van der Waals surface area contributed by atoms with E-state index in [0.717, 1.165) is 16.6 Å². The second-order valence-electron chi connectivity index (χ2n) is 4.41. The topological polar surface area (TPSA) is 68.5 Å². The van der Waals surface area contributed by atoms with Crippen molar-refractivity contribution in [2.45, 2.75) is 0 Å². The molecule has 0 bridgehead atoms. The molecule has 20 heavy (non-hydrogen) atoms. The molecule has 1 aliphatic heterocycles. The molecule has 0 saturated heterocycles. The summed E-state index contributed by atoms with van der Waals surface area (Å²) >= 11 is 0. The summed E-state index contributed by atoms with van der Waals surface area (Å²) in [5, 5.41) is 18.3. The van der Waals surface area contributed by atoms with Gasteiger partial charge in [0.2, 0.25) is 0 Å². The van der Waals surface area contributed by atoms with E-state index < -0.39 is 0 Å². The van der Waals surface area contributed by atoms with Crippen molar-refractivity contribution in [2.75, 3.05) is 0 Å². The van der Waals surface area contributed by atoms with E-state index in [-0.39, 0.29) is 5.75 Å². The van der Waals surface area contributed by atoms with Crippen molar-refractivity contribution < 1.29 is 5.11 Å². The second-order valence-corrected chi connectivity index (χ2v) is 4.41. The molecule has 2 aromatic carbocycles. The van der Waals surface area contributed by atoms with Crippen LogP contribution in [0.2, 0.25) is 0 Å². The third-order valence-corrected chi connectivity index (χ3v) is 3.23. The van der Waals surface area contributed by atoms with Crippen molar-refractivity contribution in [3.63, 3.8) is 0 Å². The molecule has 98 valence electrons. The Hall–Kier alpha value is -2.88. The van der Waals surface area contributed by atoms with Gasteiger partial charge in [-0.05, 0) is 24.3 Å². The Bertz CT molecular complexity index is 773. The summed E-state index contributed by atoms with van der Waals surface area (Å²) in [6, 6.07) is 8.90. The maximum absolute atomic E-state index is 10.2. The maximum atomic E-state index is 10.2. The molecule has 0 saturated carbocycles. The molecular weight excluding hydrogens is 250 g/mol. The maximum Gasteiger partial charge on any atom is 0.124 e. The van der Waals surface area contributed by atoms with Crippen LogP contribution in [-0.4, -0.2) is 5.11 Å². The number of rotatable bonds is 2. The van der Waals surface area contributed by atoms with E-state index in [2.05, 4.69) is 10.4 Å². The Kier molecular flexibility index (Phi) is 3.05. The Balaban J connectivity index is 2.31. The molecule has 0 radical (unpaired) electrons. The summed E-state index contributed by atoms with van der Waals surface area (Å²) in [4.78, 5) is 0. The number of nitrogens with one attached hydrogen (secondary N) is 2. The third kappa shape index (κ3) is 1.97. The zero-order valence-electron chi connectivity index (χ0n) is 10.7. The van der Waals surface area contributed by atoms with Crippen LogP contribution in [0.4, 0.5) is 5.69 Å². The first-order chi connectivity index (χ1) is 9.81. The molecule has 3 rings (SSSR count). The molecule has 1 heterocycles. The number of allylic oxidation sites excluding steroid dienone is 4. The van der Waals surface area contributed by atoms with Gasteiger partial charge in [-0.1, -0.05) is 30.4 Å². The normalized spacial score (nSPS) is 13.7. The lowest BCUT2D eigenvalue weighted by Gasteiger charge is -2.12. The van der Waals surface area contributed by atoms with Gasteiger partial charge in [0.1, 0.15) is 5.75 Å². The number of hydrogen-bond donors (Lipinski definition) is 3. The second kappa shape index (κ2) is 5.01. The summed E-state index contributed by atoms with van der Waals surface area (Å²) in [5.41, 5.74) is 9.54. The Morgan fingerprint density at radius 1 is 1.05 bits per heavy atom. The van der Waals surface area contributed by atoms with Crippen molar-refractivity contribution in [3.05, 3.63) is 66.4 Å².